The number of carboxylic acid groups (broad SMARTS) is 1. The Morgan fingerprint density at radius 3 is 2.45 bits per heavy atom. The fourth-order valence-corrected chi connectivity index (χ4v) is 2.87. The molecule has 0 spiro atoms. The van der Waals surface area contributed by atoms with Crippen LogP contribution in [0, 0.1) is 11.8 Å². The van der Waals surface area contributed by atoms with Crippen LogP contribution in [0.2, 0.25) is 0 Å². The maximum Gasteiger partial charge on any atom is 0.306 e. The monoisotopic (exact) mass is 312 g/mol. The van der Waals surface area contributed by atoms with Crippen LogP contribution in [0.15, 0.2) is 0 Å². The lowest BCUT2D eigenvalue weighted by molar-refractivity contribution is -0.146. The number of carbonyl (C=O) groups excluding carboxylic acids is 2. The fraction of sp³-hybridized carbons (Fsp3) is 0.800. The van der Waals surface area contributed by atoms with E-state index in [1.807, 2.05) is 6.92 Å². The Kier molecular flexibility index (Phi) is 5.39. The van der Waals surface area contributed by atoms with E-state index < -0.39 is 5.97 Å². The van der Waals surface area contributed by atoms with Gasteiger partial charge < -0.3 is 19.6 Å². The number of amides is 2. The minimum atomic E-state index is -0.796. The van der Waals surface area contributed by atoms with E-state index in [4.69, 9.17) is 9.84 Å². The second-order valence-corrected chi connectivity index (χ2v) is 6.02. The highest BCUT2D eigenvalue weighted by atomic mass is 16.5. The largest absolute Gasteiger partial charge is 0.481 e. The quantitative estimate of drug-likeness (QED) is 0.757. The molecule has 0 bridgehead atoms. The van der Waals surface area contributed by atoms with Gasteiger partial charge >= 0.3 is 5.97 Å². The van der Waals surface area contributed by atoms with Crippen LogP contribution in [-0.2, 0) is 19.1 Å². The molecule has 7 heteroatoms. The molecular weight excluding hydrogens is 288 g/mol. The normalized spacial score (nSPS) is 24.9. The minimum Gasteiger partial charge on any atom is -0.481 e. The first kappa shape index (κ1) is 16.7. The van der Waals surface area contributed by atoms with Crippen molar-refractivity contribution in [3.05, 3.63) is 0 Å². The van der Waals surface area contributed by atoms with Crippen molar-refractivity contribution in [2.75, 3.05) is 33.3 Å². The van der Waals surface area contributed by atoms with Crippen LogP contribution in [0.4, 0.5) is 0 Å². The zero-order chi connectivity index (χ0) is 16.3. The SMILES string of the molecule is CCO[C@@H]1C[C@@H]1C(=O)N(C)CC(=O)N1CCC(C(=O)O)CC1. The highest BCUT2D eigenvalue weighted by Crippen LogP contribution is 2.35. The van der Waals surface area contributed by atoms with Crippen molar-refractivity contribution >= 4 is 17.8 Å². The molecule has 0 radical (unpaired) electrons. The van der Waals surface area contributed by atoms with Gasteiger partial charge in [0.25, 0.3) is 0 Å². The van der Waals surface area contributed by atoms with Crippen LogP contribution in [-0.4, -0.2) is 72.1 Å². The first-order valence-corrected chi connectivity index (χ1v) is 7.81. The van der Waals surface area contributed by atoms with E-state index in [-0.39, 0.29) is 36.3 Å². The molecule has 1 saturated carbocycles. The smallest absolute Gasteiger partial charge is 0.306 e. The summed E-state index contributed by atoms with van der Waals surface area (Å²) in [4.78, 5) is 38.3. The van der Waals surface area contributed by atoms with Crippen molar-refractivity contribution in [1.29, 1.82) is 0 Å². The summed E-state index contributed by atoms with van der Waals surface area (Å²) in [5, 5.41) is 8.95. The molecule has 22 heavy (non-hydrogen) atoms. The van der Waals surface area contributed by atoms with Crippen LogP contribution in [0.3, 0.4) is 0 Å². The number of ether oxygens (including phenoxy) is 1. The number of likely N-dealkylation sites (N-methyl/N-ethyl adjacent to an activating group) is 1. The molecule has 0 unspecified atom stereocenters. The van der Waals surface area contributed by atoms with E-state index in [0.29, 0.717) is 32.5 Å². The first-order valence-electron chi connectivity index (χ1n) is 7.81. The van der Waals surface area contributed by atoms with E-state index in [2.05, 4.69) is 0 Å². The number of nitrogens with zero attached hydrogens (tertiary/aromatic N) is 2. The molecule has 1 heterocycles. The zero-order valence-corrected chi connectivity index (χ0v) is 13.2. The standard InChI is InChI=1S/C15H24N2O5/c1-3-22-12-8-11(12)14(19)16(2)9-13(18)17-6-4-10(5-7-17)15(20)21/h10-12H,3-9H2,1-2H3,(H,20,21)/t11-,12+/m0/s1. The van der Waals surface area contributed by atoms with Gasteiger partial charge in [-0.1, -0.05) is 0 Å². The van der Waals surface area contributed by atoms with Crippen LogP contribution in [0.1, 0.15) is 26.2 Å². The third kappa shape index (κ3) is 3.97. The number of carboxylic acids is 1. The molecule has 2 rings (SSSR count). The molecular formula is C15H24N2O5. The van der Waals surface area contributed by atoms with Gasteiger partial charge in [-0.2, -0.15) is 0 Å². The van der Waals surface area contributed by atoms with Gasteiger partial charge in [-0.05, 0) is 26.2 Å². The number of likely N-dealkylation sites (tertiary alicyclic amines) is 1. The summed E-state index contributed by atoms with van der Waals surface area (Å²) in [5.41, 5.74) is 0. The minimum absolute atomic E-state index is 0.00126. The first-order chi connectivity index (χ1) is 10.4. The van der Waals surface area contributed by atoms with Crippen molar-refractivity contribution in [2.45, 2.75) is 32.3 Å². The molecule has 1 N–H and O–H groups in total. The van der Waals surface area contributed by atoms with Gasteiger partial charge in [0.05, 0.1) is 24.5 Å². The molecule has 2 fully saturated rings. The van der Waals surface area contributed by atoms with Crippen LogP contribution in [0.5, 0.6) is 0 Å². The number of hydrogen-bond acceptors (Lipinski definition) is 4. The van der Waals surface area contributed by atoms with Crippen molar-refractivity contribution < 1.29 is 24.2 Å². The summed E-state index contributed by atoms with van der Waals surface area (Å²) >= 11 is 0. The molecule has 0 aromatic rings. The molecule has 1 saturated heterocycles. The lowest BCUT2D eigenvalue weighted by Crippen LogP contribution is -2.45. The van der Waals surface area contributed by atoms with Gasteiger partial charge in [0.15, 0.2) is 0 Å². The summed E-state index contributed by atoms with van der Waals surface area (Å²) in [5.74, 6) is -1.44. The van der Waals surface area contributed by atoms with Crippen LogP contribution < -0.4 is 0 Å². The van der Waals surface area contributed by atoms with E-state index in [1.165, 1.54) is 4.90 Å². The summed E-state index contributed by atoms with van der Waals surface area (Å²) in [6.07, 6.45) is 1.69. The molecule has 7 nitrogen and oxygen atoms in total. The van der Waals surface area contributed by atoms with Gasteiger partial charge in [-0.15, -0.1) is 0 Å². The van der Waals surface area contributed by atoms with Crippen LogP contribution >= 0.6 is 0 Å². The Morgan fingerprint density at radius 1 is 1.27 bits per heavy atom. The van der Waals surface area contributed by atoms with Crippen molar-refractivity contribution in [1.82, 2.24) is 9.80 Å². The maximum absolute atomic E-state index is 12.2. The highest BCUT2D eigenvalue weighted by Gasteiger charge is 2.45. The number of piperidine rings is 1. The lowest BCUT2D eigenvalue weighted by Gasteiger charge is -2.31. The molecule has 2 aliphatic rings. The number of hydrogen-bond donors (Lipinski definition) is 1. The third-order valence-corrected chi connectivity index (χ3v) is 4.38. The Balaban J connectivity index is 1.75. The van der Waals surface area contributed by atoms with Crippen molar-refractivity contribution in [3.63, 3.8) is 0 Å². The van der Waals surface area contributed by atoms with E-state index in [9.17, 15) is 14.4 Å². The average molecular weight is 312 g/mol. The summed E-state index contributed by atoms with van der Waals surface area (Å²) in [6.45, 7) is 3.43. The zero-order valence-electron chi connectivity index (χ0n) is 13.2. The number of aliphatic carboxylic acids is 1. The Hall–Kier alpha value is -1.63. The molecule has 1 aliphatic carbocycles. The van der Waals surface area contributed by atoms with Crippen molar-refractivity contribution in [2.24, 2.45) is 11.8 Å². The van der Waals surface area contributed by atoms with Gasteiger partial charge in [-0.3, -0.25) is 14.4 Å². The van der Waals surface area contributed by atoms with Gasteiger partial charge in [0, 0.05) is 26.7 Å². The molecule has 124 valence electrons. The molecule has 2 amide bonds. The van der Waals surface area contributed by atoms with Crippen LogP contribution in [0.25, 0.3) is 0 Å². The van der Waals surface area contributed by atoms with E-state index in [1.54, 1.807) is 11.9 Å². The summed E-state index contributed by atoms with van der Waals surface area (Å²) in [6, 6.07) is 0. The Morgan fingerprint density at radius 2 is 1.91 bits per heavy atom. The molecule has 1 aliphatic heterocycles. The maximum atomic E-state index is 12.2. The average Bonchev–Trinajstić information content (AvgIpc) is 3.26. The summed E-state index contributed by atoms with van der Waals surface area (Å²) in [7, 11) is 1.63. The molecule has 0 aromatic carbocycles. The second-order valence-electron chi connectivity index (χ2n) is 6.02. The second kappa shape index (κ2) is 7.09. The van der Waals surface area contributed by atoms with Gasteiger partial charge in [0.1, 0.15) is 0 Å². The highest BCUT2D eigenvalue weighted by molar-refractivity contribution is 5.87. The molecule has 2 atom stereocenters. The predicted octanol–water partition coefficient (Wildman–Crippen LogP) is 0.193. The van der Waals surface area contributed by atoms with E-state index >= 15 is 0 Å². The number of carbonyl (C=O) groups is 3. The number of rotatable bonds is 6. The summed E-state index contributed by atoms with van der Waals surface area (Å²) < 4.78 is 5.39. The third-order valence-electron chi connectivity index (χ3n) is 4.38. The Bertz CT molecular complexity index is 445. The van der Waals surface area contributed by atoms with Gasteiger partial charge in [0.2, 0.25) is 11.8 Å². The molecule has 0 aromatic heterocycles. The topological polar surface area (TPSA) is 87.2 Å². The lowest BCUT2D eigenvalue weighted by atomic mass is 9.97. The van der Waals surface area contributed by atoms with Crippen molar-refractivity contribution in [3.8, 4) is 0 Å². The van der Waals surface area contributed by atoms with Gasteiger partial charge in [-0.25, -0.2) is 0 Å². The fourth-order valence-electron chi connectivity index (χ4n) is 2.87. The Labute approximate surface area is 130 Å². The van der Waals surface area contributed by atoms with E-state index in [0.717, 1.165) is 6.42 Å². The predicted molar refractivity (Wildman–Crippen MR) is 78.1 cm³/mol.